The molecule has 0 aliphatic carbocycles. The third-order valence-corrected chi connectivity index (χ3v) is 5.90. The van der Waals surface area contributed by atoms with Gasteiger partial charge in [0.25, 0.3) is 0 Å². The van der Waals surface area contributed by atoms with Crippen LogP contribution in [0.15, 0.2) is 18.2 Å². The number of piperidine rings is 1. The lowest BCUT2D eigenvalue weighted by molar-refractivity contribution is 0.0724. The summed E-state index contributed by atoms with van der Waals surface area (Å²) in [4.78, 5) is 4.68. The minimum Gasteiger partial charge on any atom is -0.497 e. The highest BCUT2D eigenvalue weighted by atomic mass is 35.5. The number of rotatable bonds is 5. The highest BCUT2D eigenvalue weighted by Crippen LogP contribution is 2.28. The summed E-state index contributed by atoms with van der Waals surface area (Å²) in [6.45, 7) is 3.88. The van der Waals surface area contributed by atoms with Gasteiger partial charge in [-0.15, -0.1) is 0 Å². The van der Waals surface area contributed by atoms with E-state index in [9.17, 15) is 0 Å². The Hall–Kier alpha value is -1.08. The fourth-order valence-corrected chi connectivity index (χ4v) is 4.12. The summed E-state index contributed by atoms with van der Waals surface area (Å²) >= 11 is 12.1. The molecule has 3 rings (SSSR count). The van der Waals surface area contributed by atoms with Crippen molar-refractivity contribution in [3.8, 4) is 5.75 Å². The number of hydrogen-bond donors (Lipinski definition) is 1. The smallest absolute Gasteiger partial charge is 0.173 e. The number of anilines is 1. The number of nitrogens with one attached hydrogen (secondary N) is 1. The number of ether oxygens (including phenoxy) is 2. The van der Waals surface area contributed by atoms with E-state index in [1.54, 1.807) is 7.11 Å². The molecular weight excluding hydrogens is 370 g/mol. The van der Waals surface area contributed by atoms with Crippen LogP contribution in [0, 0.1) is 0 Å². The third-order valence-electron chi connectivity index (χ3n) is 5.23. The molecule has 2 saturated heterocycles. The van der Waals surface area contributed by atoms with Crippen LogP contribution in [-0.4, -0.2) is 67.5 Å². The number of methoxy groups -OCH3 is 1. The quantitative estimate of drug-likeness (QED) is 0.765. The minimum absolute atomic E-state index is 0.259. The Balaban J connectivity index is 1.73. The Morgan fingerprint density at radius 2 is 2.15 bits per heavy atom. The second kappa shape index (κ2) is 9.22. The van der Waals surface area contributed by atoms with Crippen LogP contribution < -0.4 is 10.1 Å². The highest BCUT2D eigenvalue weighted by molar-refractivity contribution is 7.80. The van der Waals surface area contributed by atoms with E-state index < -0.39 is 0 Å². The van der Waals surface area contributed by atoms with Gasteiger partial charge in [-0.2, -0.15) is 0 Å². The number of hydrogen-bond acceptors (Lipinski definition) is 4. The van der Waals surface area contributed by atoms with Gasteiger partial charge in [0.05, 0.1) is 23.9 Å². The van der Waals surface area contributed by atoms with Crippen molar-refractivity contribution in [2.24, 2.45) is 0 Å². The second-order valence-corrected chi connectivity index (χ2v) is 7.89. The van der Waals surface area contributed by atoms with E-state index in [1.807, 2.05) is 18.2 Å². The predicted octanol–water partition coefficient (Wildman–Crippen LogP) is 3.62. The van der Waals surface area contributed by atoms with Crippen LogP contribution in [0.1, 0.15) is 25.7 Å². The van der Waals surface area contributed by atoms with Crippen LogP contribution in [0.2, 0.25) is 5.02 Å². The summed E-state index contributed by atoms with van der Waals surface area (Å²) in [6, 6.07) is 5.98. The van der Waals surface area contributed by atoms with Crippen molar-refractivity contribution in [1.29, 1.82) is 0 Å². The summed E-state index contributed by atoms with van der Waals surface area (Å²) in [6.07, 6.45) is 4.71. The zero-order valence-corrected chi connectivity index (χ0v) is 17.1. The Labute approximate surface area is 166 Å². The van der Waals surface area contributed by atoms with E-state index in [0.29, 0.717) is 16.2 Å². The number of thiocarbonyl (C=S) groups is 1. The molecule has 144 valence electrons. The lowest BCUT2D eigenvalue weighted by Gasteiger charge is -2.40. The maximum Gasteiger partial charge on any atom is 0.173 e. The van der Waals surface area contributed by atoms with E-state index in [-0.39, 0.29) is 6.10 Å². The molecule has 2 heterocycles. The normalized spacial score (nSPS) is 21.6. The van der Waals surface area contributed by atoms with Crippen LogP contribution >= 0.6 is 23.8 Å². The van der Waals surface area contributed by atoms with Gasteiger partial charge in [-0.25, -0.2) is 0 Å². The predicted molar refractivity (Wildman–Crippen MR) is 110 cm³/mol. The van der Waals surface area contributed by atoms with Crippen LogP contribution in [0.3, 0.4) is 0 Å². The average molecular weight is 398 g/mol. The van der Waals surface area contributed by atoms with Gasteiger partial charge in [-0.1, -0.05) is 11.6 Å². The molecule has 1 N–H and O–H groups in total. The molecule has 0 saturated carbocycles. The fourth-order valence-electron chi connectivity index (χ4n) is 3.63. The highest BCUT2D eigenvalue weighted by Gasteiger charge is 2.29. The molecule has 1 atom stereocenters. The summed E-state index contributed by atoms with van der Waals surface area (Å²) in [5.74, 6) is 0.754. The number of likely N-dealkylation sites (tertiary alicyclic amines) is 1. The Bertz CT molecular complexity index is 617. The first kappa shape index (κ1) is 19.7. The molecule has 1 unspecified atom stereocenters. The zero-order valence-electron chi connectivity index (χ0n) is 15.5. The molecule has 0 spiro atoms. The van der Waals surface area contributed by atoms with Crippen molar-refractivity contribution >= 4 is 34.6 Å². The van der Waals surface area contributed by atoms with Crippen LogP contribution in [0.25, 0.3) is 0 Å². The number of nitrogens with zero attached hydrogens (tertiary/aromatic N) is 2. The van der Waals surface area contributed by atoms with Crippen molar-refractivity contribution in [2.45, 2.75) is 37.8 Å². The van der Waals surface area contributed by atoms with Gasteiger partial charge >= 0.3 is 0 Å². The lowest BCUT2D eigenvalue weighted by Crippen LogP contribution is -2.50. The van der Waals surface area contributed by atoms with Crippen molar-refractivity contribution in [1.82, 2.24) is 9.80 Å². The third kappa shape index (κ3) is 5.00. The largest absolute Gasteiger partial charge is 0.497 e. The van der Waals surface area contributed by atoms with E-state index in [1.165, 1.54) is 0 Å². The van der Waals surface area contributed by atoms with Gasteiger partial charge in [0.2, 0.25) is 0 Å². The van der Waals surface area contributed by atoms with Crippen molar-refractivity contribution in [3.63, 3.8) is 0 Å². The van der Waals surface area contributed by atoms with Crippen LogP contribution in [0.4, 0.5) is 5.69 Å². The molecule has 0 amide bonds. The van der Waals surface area contributed by atoms with Gasteiger partial charge in [-0.3, -0.25) is 0 Å². The molecule has 2 fully saturated rings. The van der Waals surface area contributed by atoms with Crippen LogP contribution in [-0.2, 0) is 4.74 Å². The molecule has 5 nitrogen and oxygen atoms in total. The van der Waals surface area contributed by atoms with Crippen molar-refractivity contribution in [3.05, 3.63) is 23.2 Å². The molecular formula is C19H28ClN3O2S. The molecule has 2 aliphatic heterocycles. The van der Waals surface area contributed by atoms with E-state index in [2.05, 4.69) is 22.2 Å². The van der Waals surface area contributed by atoms with Gasteiger partial charge in [0, 0.05) is 25.3 Å². The van der Waals surface area contributed by atoms with Gasteiger partial charge < -0.3 is 24.6 Å². The van der Waals surface area contributed by atoms with Gasteiger partial charge in [-0.05, 0) is 70.2 Å². The molecule has 0 aromatic heterocycles. The standard InChI is InChI=1S/C19H28ClN3O2S/c1-22-9-7-14(8-10-22)23(13-16-4-3-11-25-16)19(26)21-18-12-15(24-2)5-6-17(18)20/h5-6,12,14,16H,3-4,7-11,13H2,1-2H3,(H,21,26). The van der Waals surface area contributed by atoms with Gasteiger partial charge in [0.15, 0.2) is 5.11 Å². The maximum atomic E-state index is 6.35. The molecule has 2 aliphatic rings. The van der Waals surface area contributed by atoms with Crippen molar-refractivity contribution in [2.75, 3.05) is 45.7 Å². The lowest BCUT2D eigenvalue weighted by atomic mass is 10.0. The first-order chi connectivity index (χ1) is 12.6. The zero-order chi connectivity index (χ0) is 18.5. The Morgan fingerprint density at radius 1 is 1.38 bits per heavy atom. The molecule has 1 aromatic rings. The summed E-state index contributed by atoms with van der Waals surface area (Å²) in [7, 11) is 3.82. The van der Waals surface area contributed by atoms with E-state index in [0.717, 1.165) is 63.4 Å². The molecule has 0 radical (unpaired) electrons. The monoisotopic (exact) mass is 397 g/mol. The number of benzene rings is 1. The van der Waals surface area contributed by atoms with E-state index >= 15 is 0 Å². The Morgan fingerprint density at radius 3 is 2.81 bits per heavy atom. The van der Waals surface area contributed by atoms with E-state index in [4.69, 9.17) is 33.3 Å². The average Bonchev–Trinajstić information content (AvgIpc) is 3.15. The maximum absolute atomic E-state index is 6.35. The first-order valence-electron chi connectivity index (χ1n) is 9.28. The SMILES string of the molecule is COc1ccc(Cl)c(NC(=S)N(CC2CCCO2)C2CCN(C)CC2)c1. The fraction of sp³-hybridized carbons (Fsp3) is 0.632. The summed E-state index contributed by atoms with van der Waals surface area (Å²) in [5.41, 5.74) is 0.779. The second-order valence-electron chi connectivity index (χ2n) is 7.10. The topological polar surface area (TPSA) is 37.0 Å². The number of halogens is 1. The Kier molecular flexibility index (Phi) is 6.98. The summed E-state index contributed by atoms with van der Waals surface area (Å²) < 4.78 is 11.2. The summed E-state index contributed by atoms with van der Waals surface area (Å²) in [5, 5.41) is 4.69. The molecule has 7 heteroatoms. The molecule has 26 heavy (non-hydrogen) atoms. The molecule has 0 bridgehead atoms. The van der Waals surface area contributed by atoms with Crippen LogP contribution in [0.5, 0.6) is 5.75 Å². The molecule has 1 aromatic carbocycles. The minimum atomic E-state index is 0.259. The van der Waals surface area contributed by atoms with Gasteiger partial charge in [0.1, 0.15) is 5.75 Å². The first-order valence-corrected chi connectivity index (χ1v) is 10.1. The van der Waals surface area contributed by atoms with Crippen molar-refractivity contribution < 1.29 is 9.47 Å².